The number of carboxylic acid groups (broad SMARTS) is 1. The van der Waals surface area contributed by atoms with Gasteiger partial charge in [0.15, 0.2) is 23.3 Å². The number of anilines is 3. The molecule has 3 aromatic rings. The molecule has 0 amide bonds. The van der Waals surface area contributed by atoms with Gasteiger partial charge in [0, 0.05) is 25.4 Å². The number of nitrogens with zero attached hydrogens (tertiary/aromatic N) is 4. The van der Waals surface area contributed by atoms with Gasteiger partial charge in [-0.15, -0.1) is 5.10 Å². The summed E-state index contributed by atoms with van der Waals surface area (Å²) in [6, 6.07) is 2.27. The summed E-state index contributed by atoms with van der Waals surface area (Å²) >= 11 is 0. The van der Waals surface area contributed by atoms with Crippen LogP contribution < -0.4 is 15.2 Å². The summed E-state index contributed by atoms with van der Waals surface area (Å²) < 4.78 is 57.8. The maximum atomic E-state index is 14.9. The van der Waals surface area contributed by atoms with Gasteiger partial charge in [0.05, 0.1) is 16.8 Å². The number of halogens is 4. The molecule has 0 radical (unpaired) electrons. The van der Waals surface area contributed by atoms with Crippen molar-refractivity contribution in [3.05, 3.63) is 63.5 Å². The molecule has 146 valence electrons. The Hall–Kier alpha value is -3.89. The summed E-state index contributed by atoms with van der Waals surface area (Å²) in [7, 11) is 1.44. The lowest BCUT2D eigenvalue weighted by molar-refractivity contribution is 0.0695. The third kappa shape index (κ3) is 2.03. The molecule has 2 aliphatic rings. The van der Waals surface area contributed by atoms with Gasteiger partial charge in [0.25, 0.3) is 0 Å². The number of guanidine groups is 1. The van der Waals surface area contributed by atoms with Crippen molar-refractivity contribution in [3.63, 3.8) is 0 Å². The molecule has 0 unspecified atom stereocenters. The van der Waals surface area contributed by atoms with E-state index in [-0.39, 0.29) is 22.9 Å². The second-order valence-corrected chi connectivity index (χ2v) is 6.49. The number of aromatic carboxylic acids is 1. The first kappa shape index (κ1) is 17.2. The average molecular weight is 404 g/mol. The molecule has 2 aromatic carbocycles. The summed E-state index contributed by atoms with van der Waals surface area (Å²) in [5.74, 6) is -6.76. The van der Waals surface area contributed by atoms with E-state index in [1.54, 1.807) is 0 Å². The van der Waals surface area contributed by atoms with Crippen LogP contribution in [-0.4, -0.2) is 28.8 Å². The molecule has 0 bridgehead atoms. The topological polar surface area (TPSA) is 78.1 Å². The lowest BCUT2D eigenvalue weighted by Crippen LogP contribution is -2.37. The maximum Gasteiger partial charge on any atom is 0.341 e. The van der Waals surface area contributed by atoms with E-state index in [4.69, 9.17) is 0 Å². The fourth-order valence-corrected chi connectivity index (χ4v) is 3.60. The molecule has 0 atom stereocenters. The van der Waals surface area contributed by atoms with E-state index >= 15 is 0 Å². The van der Waals surface area contributed by atoms with Crippen molar-refractivity contribution < 1.29 is 27.5 Å². The Kier molecular flexibility index (Phi) is 3.17. The van der Waals surface area contributed by atoms with Crippen molar-refractivity contribution >= 4 is 39.9 Å². The van der Waals surface area contributed by atoms with Crippen LogP contribution in [0.4, 0.5) is 34.6 Å². The first-order valence-corrected chi connectivity index (χ1v) is 8.13. The second kappa shape index (κ2) is 5.34. The molecule has 5 rings (SSSR count). The van der Waals surface area contributed by atoms with Gasteiger partial charge in [-0.05, 0) is 6.07 Å². The first-order chi connectivity index (χ1) is 13.7. The predicted octanol–water partition coefficient (Wildman–Crippen LogP) is 2.98. The summed E-state index contributed by atoms with van der Waals surface area (Å²) in [4.78, 5) is 26.3. The normalized spacial score (nSPS) is 14.2. The van der Waals surface area contributed by atoms with Gasteiger partial charge >= 0.3 is 5.97 Å². The first-order valence-electron chi connectivity index (χ1n) is 8.13. The monoisotopic (exact) mass is 404 g/mol. The van der Waals surface area contributed by atoms with E-state index in [1.807, 2.05) is 0 Å². The lowest BCUT2D eigenvalue weighted by Gasteiger charge is -2.28. The molecule has 0 saturated heterocycles. The molecule has 29 heavy (non-hydrogen) atoms. The van der Waals surface area contributed by atoms with Crippen LogP contribution in [0.15, 0.2) is 34.3 Å². The smallest absolute Gasteiger partial charge is 0.341 e. The highest BCUT2D eigenvalue weighted by Gasteiger charge is 2.40. The van der Waals surface area contributed by atoms with Crippen LogP contribution in [0.3, 0.4) is 0 Å². The quantitative estimate of drug-likeness (QED) is 0.631. The van der Waals surface area contributed by atoms with Gasteiger partial charge in [0.2, 0.25) is 11.4 Å². The molecule has 7 nitrogen and oxygen atoms in total. The van der Waals surface area contributed by atoms with E-state index in [0.29, 0.717) is 6.07 Å². The van der Waals surface area contributed by atoms with Gasteiger partial charge in [0.1, 0.15) is 16.8 Å². The molecule has 11 heteroatoms. The minimum absolute atomic E-state index is 0.0167. The van der Waals surface area contributed by atoms with Gasteiger partial charge in [-0.1, -0.05) is 0 Å². The highest BCUT2D eigenvalue weighted by atomic mass is 19.2. The van der Waals surface area contributed by atoms with E-state index in [2.05, 4.69) is 5.10 Å². The minimum atomic E-state index is -1.57. The van der Waals surface area contributed by atoms with Gasteiger partial charge in [-0.2, -0.15) is 0 Å². The molecule has 1 aromatic heterocycles. The number of aromatic nitrogens is 1. The molecule has 3 heterocycles. The zero-order valence-electron chi connectivity index (χ0n) is 14.4. The van der Waals surface area contributed by atoms with Crippen molar-refractivity contribution in [1.82, 2.24) is 4.68 Å². The number of rotatable bonds is 1. The van der Waals surface area contributed by atoms with Gasteiger partial charge in [-0.3, -0.25) is 9.69 Å². The number of benzene rings is 2. The van der Waals surface area contributed by atoms with E-state index < -0.39 is 51.3 Å². The van der Waals surface area contributed by atoms with Crippen LogP contribution in [-0.2, 0) is 0 Å². The van der Waals surface area contributed by atoms with Crippen molar-refractivity contribution in [3.8, 4) is 0 Å². The number of carbonyl (C=O) groups is 1. The summed E-state index contributed by atoms with van der Waals surface area (Å²) in [6.07, 6.45) is 0.885. The van der Waals surface area contributed by atoms with Gasteiger partial charge in [-0.25, -0.2) is 27.0 Å². The molecule has 0 saturated carbocycles. The van der Waals surface area contributed by atoms with Crippen LogP contribution in [0.1, 0.15) is 10.4 Å². The number of carboxylic acids is 1. The Labute approximate surface area is 158 Å². The SMILES string of the molecule is CN1C2=Nn3cc(C(=O)O)c(=O)c4cc(F)c(F)c(c43)N2c2cc(F)c(F)cc21. The van der Waals surface area contributed by atoms with E-state index in [1.165, 1.54) is 11.9 Å². The molecular weight excluding hydrogens is 396 g/mol. The fraction of sp³-hybridized carbons (Fsp3) is 0.0556. The second-order valence-electron chi connectivity index (χ2n) is 6.49. The maximum absolute atomic E-state index is 14.9. The Morgan fingerprint density at radius 3 is 2.34 bits per heavy atom. The van der Waals surface area contributed by atoms with Crippen LogP contribution in [0.5, 0.6) is 0 Å². The molecule has 1 N–H and O–H groups in total. The lowest BCUT2D eigenvalue weighted by atomic mass is 10.1. The van der Waals surface area contributed by atoms with Crippen molar-refractivity contribution in [1.29, 1.82) is 0 Å². The summed E-state index contributed by atoms with van der Waals surface area (Å²) in [6.45, 7) is 0. The Morgan fingerprint density at radius 2 is 1.69 bits per heavy atom. The van der Waals surface area contributed by atoms with Crippen LogP contribution >= 0.6 is 0 Å². The van der Waals surface area contributed by atoms with E-state index in [9.17, 15) is 32.3 Å². The molecule has 0 aliphatic carbocycles. The summed E-state index contributed by atoms with van der Waals surface area (Å²) in [5.41, 5.74) is -2.28. The third-order valence-corrected chi connectivity index (χ3v) is 4.91. The van der Waals surface area contributed by atoms with Gasteiger partial charge < -0.3 is 10.0 Å². The number of hydrogen-bond donors (Lipinski definition) is 1. The zero-order chi connectivity index (χ0) is 20.8. The van der Waals surface area contributed by atoms with Crippen molar-refractivity contribution in [2.24, 2.45) is 5.10 Å². The summed E-state index contributed by atoms with van der Waals surface area (Å²) in [5, 5.41) is 13.0. The van der Waals surface area contributed by atoms with Crippen molar-refractivity contribution in [2.45, 2.75) is 0 Å². The van der Waals surface area contributed by atoms with Crippen LogP contribution in [0.2, 0.25) is 0 Å². The number of pyridine rings is 1. The molecule has 0 fully saturated rings. The van der Waals surface area contributed by atoms with Crippen LogP contribution in [0, 0.1) is 23.3 Å². The Morgan fingerprint density at radius 1 is 1.03 bits per heavy atom. The Bertz CT molecular complexity index is 1380. The number of fused-ring (bicyclic) bond motifs is 4. The third-order valence-electron chi connectivity index (χ3n) is 4.91. The fourth-order valence-electron chi connectivity index (χ4n) is 3.60. The standard InChI is InChI=1S/C18H8F4N4O3/c1-24-11-3-8(19)9(20)4-12(11)26-15-13(22)10(21)2-6-14(15)25(23-18(24)26)5-7(16(6)27)17(28)29/h2-5H,1H3,(H,28,29). The molecular formula is C18H8F4N4O3. The number of hydrogen-bond acceptors (Lipinski definition) is 5. The predicted molar refractivity (Wildman–Crippen MR) is 94.8 cm³/mol. The zero-order valence-corrected chi connectivity index (χ0v) is 14.4. The average Bonchev–Trinajstić information content (AvgIpc) is 2.92. The molecule has 0 spiro atoms. The molecule has 2 aliphatic heterocycles. The largest absolute Gasteiger partial charge is 0.477 e. The highest BCUT2D eigenvalue weighted by Crippen LogP contribution is 2.47. The van der Waals surface area contributed by atoms with Crippen LogP contribution in [0.25, 0.3) is 10.9 Å². The Balaban J connectivity index is 1.96. The van der Waals surface area contributed by atoms with E-state index in [0.717, 1.165) is 27.9 Å². The van der Waals surface area contributed by atoms with Crippen molar-refractivity contribution in [2.75, 3.05) is 16.8 Å². The minimum Gasteiger partial charge on any atom is -0.477 e. The highest BCUT2D eigenvalue weighted by molar-refractivity contribution is 6.23.